The van der Waals surface area contributed by atoms with Gasteiger partial charge in [0.25, 0.3) is 0 Å². The smallest absolute Gasteiger partial charge is 0.224 e. The topological polar surface area (TPSA) is 69.8 Å². The first kappa shape index (κ1) is 13.1. The van der Waals surface area contributed by atoms with Gasteiger partial charge in [-0.1, -0.05) is 18.2 Å². The maximum absolute atomic E-state index is 11.5. The van der Waals surface area contributed by atoms with Gasteiger partial charge in [-0.15, -0.1) is 0 Å². The first-order valence-corrected chi connectivity index (χ1v) is 6.22. The molecule has 1 aromatic heterocycles. The Balaban J connectivity index is 2.07. The van der Waals surface area contributed by atoms with Gasteiger partial charge in [0, 0.05) is 18.4 Å². The maximum Gasteiger partial charge on any atom is 0.224 e. The van der Waals surface area contributed by atoms with E-state index in [4.69, 9.17) is 0 Å². The van der Waals surface area contributed by atoms with E-state index in [-0.39, 0.29) is 5.91 Å². The minimum atomic E-state index is 0.00481. The molecule has 0 saturated heterocycles. The molecule has 19 heavy (non-hydrogen) atoms. The minimum Gasteiger partial charge on any atom is -0.379 e. The predicted molar refractivity (Wildman–Crippen MR) is 74.9 cm³/mol. The van der Waals surface area contributed by atoms with Gasteiger partial charge in [-0.2, -0.15) is 0 Å². The quantitative estimate of drug-likeness (QED) is 0.763. The van der Waals surface area contributed by atoms with Crippen LogP contribution < -0.4 is 10.6 Å². The number of anilines is 1. The number of hydrogen-bond donors (Lipinski definition) is 3. The first-order valence-electron chi connectivity index (χ1n) is 6.22. The molecule has 1 aromatic carbocycles. The van der Waals surface area contributed by atoms with Crippen LogP contribution in [0.15, 0.2) is 30.6 Å². The summed E-state index contributed by atoms with van der Waals surface area (Å²) in [5.41, 5.74) is 3.98. The fourth-order valence-electron chi connectivity index (χ4n) is 1.85. The Morgan fingerprint density at radius 1 is 1.37 bits per heavy atom. The van der Waals surface area contributed by atoms with Gasteiger partial charge in [0.05, 0.1) is 25.0 Å². The van der Waals surface area contributed by atoms with Crippen LogP contribution >= 0.6 is 0 Å². The molecular formula is C14H18N4O. The zero-order valence-electron chi connectivity index (χ0n) is 11.2. The fraction of sp³-hybridized carbons (Fsp3) is 0.286. The van der Waals surface area contributed by atoms with Gasteiger partial charge in [-0.3, -0.25) is 4.79 Å². The van der Waals surface area contributed by atoms with E-state index in [1.807, 2.05) is 31.2 Å². The largest absolute Gasteiger partial charge is 0.379 e. The average Bonchev–Trinajstić information content (AvgIpc) is 2.83. The molecule has 0 aliphatic rings. The molecule has 5 heteroatoms. The number of likely N-dealkylation sites (N-methyl/N-ethyl adjacent to an activating group) is 1. The molecular weight excluding hydrogens is 240 g/mol. The van der Waals surface area contributed by atoms with E-state index < -0.39 is 0 Å². The number of carbonyl (C=O) groups is 1. The Kier molecular flexibility index (Phi) is 4.18. The molecule has 2 rings (SSSR count). The molecule has 3 N–H and O–H groups in total. The number of nitrogens with zero attached hydrogens (tertiary/aromatic N) is 1. The van der Waals surface area contributed by atoms with Crippen LogP contribution in [-0.2, 0) is 17.8 Å². The van der Waals surface area contributed by atoms with E-state index in [2.05, 4.69) is 20.6 Å². The van der Waals surface area contributed by atoms with Gasteiger partial charge in [-0.25, -0.2) is 4.98 Å². The van der Waals surface area contributed by atoms with Gasteiger partial charge in [0.2, 0.25) is 5.91 Å². The normalized spacial score (nSPS) is 10.2. The average molecular weight is 258 g/mol. The third kappa shape index (κ3) is 3.34. The molecule has 0 aliphatic heterocycles. The summed E-state index contributed by atoms with van der Waals surface area (Å²) in [6, 6.07) is 7.81. The Bertz CT molecular complexity index is 562. The van der Waals surface area contributed by atoms with Gasteiger partial charge >= 0.3 is 0 Å². The second-order valence-electron chi connectivity index (χ2n) is 4.33. The summed E-state index contributed by atoms with van der Waals surface area (Å²) in [4.78, 5) is 18.8. The third-order valence-electron chi connectivity index (χ3n) is 3.03. The van der Waals surface area contributed by atoms with Crippen molar-refractivity contribution < 1.29 is 4.79 Å². The standard InChI is InChI=1S/C14H18N4O/c1-10-13(18-9-17-10)8-16-12-6-4-3-5-11(12)7-14(19)15-2/h3-6,9,16H,7-8H2,1-2H3,(H,15,19)(H,17,18). The number of aryl methyl sites for hydroxylation is 1. The van der Waals surface area contributed by atoms with E-state index in [1.165, 1.54) is 0 Å². The van der Waals surface area contributed by atoms with Crippen LogP contribution in [0, 0.1) is 6.92 Å². The number of benzene rings is 1. The van der Waals surface area contributed by atoms with Gasteiger partial charge in [-0.05, 0) is 18.6 Å². The Labute approximate surface area is 112 Å². The van der Waals surface area contributed by atoms with Crippen LogP contribution in [0.4, 0.5) is 5.69 Å². The molecule has 5 nitrogen and oxygen atoms in total. The summed E-state index contributed by atoms with van der Waals surface area (Å²) < 4.78 is 0. The van der Waals surface area contributed by atoms with Crippen LogP contribution in [0.1, 0.15) is 17.0 Å². The van der Waals surface area contributed by atoms with Crippen LogP contribution in [0.25, 0.3) is 0 Å². The SMILES string of the molecule is CNC(=O)Cc1ccccc1NCc1nc[nH]c1C. The number of para-hydroxylation sites is 1. The van der Waals surface area contributed by atoms with E-state index in [1.54, 1.807) is 13.4 Å². The van der Waals surface area contributed by atoms with E-state index in [0.29, 0.717) is 13.0 Å². The van der Waals surface area contributed by atoms with Crippen molar-refractivity contribution in [3.05, 3.63) is 47.5 Å². The molecule has 0 spiro atoms. The van der Waals surface area contributed by atoms with Gasteiger partial charge < -0.3 is 15.6 Å². The lowest BCUT2D eigenvalue weighted by Crippen LogP contribution is -2.20. The summed E-state index contributed by atoms with van der Waals surface area (Å²) in [5.74, 6) is 0.00481. The van der Waals surface area contributed by atoms with Crippen molar-refractivity contribution in [2.45, 2.75) is 19.9 Å². The number of aromatic amines is 1. The molecule has 0 bridgehead atoms. The maximum atomic E-state index is 11.5. The highest BCUT2D eigenvalue weighted by Crippen LogP contribution is 2.17. The van der Waals surface area contributed by atoms with Crippen LogP contribution in [-0.4, -0.2) is 22.9 Å². The molecule has 0 saturated carbocycles. The second kappa shape index (κ2) is 6.04. The van der Waals surface area contributed by atoms with Crippen molar-refractivity contribution >= 4 is 11.6 Å². The fourth-order valence-corrected chi connectivity index (χ4v) is 1.85. The van der Waals surface area contributed by atoms with Crippen molar-refractivity contribution in [1.29, 1.82) is 0 Å². The van der Waals surface area contributed by atoms with E-state index >= 15 is 0 Å². The lowest BCUT2D eigenvalue weighted by Gasteiger charge is -2.11. The second-order valence-corrected chi connectivity index (χ2v) is 4.33. The summed E-state index contributed by atoms with van der Waals surface area (Å²) in [5, 5.41) is 5.96. The number of carbonyl (C=O) groups excluding carboxylic acids is 1. The van der Waals surface area contributed by atoms with E-state index in [0.717, 1.165) is 22.6 Å². The lowest BCUT2D eigenvalue weighted by molar-refractivity contribution is -0.119. The first-order chi connectivity index (χ1) is 9.20. The van der Waals surface area contributed by atoms with Gasteiger partial charge in [0.15, 0.2) is 0 Å². The molecule has 1 heterocycles. The third-order valence-corrected chi connectivity index (χ3v) is 3.03. The van der Waals surface area contributed by atoms with Crippen molar-refractivity contribution in [3.63, 3.8) is 0 Å². The highest BCUT2D eigenvalue weighted by molar-refractivity contribution is 5.80. The monoisotopic (exact) mass is 258 g/mol. The number of rotatable bonds is 5. The Morgan fingerprint density at radius 3 is 2.84 bits per heavy atom. The lowest BCUT2D eigenvalue weighted by atomic mass is 10.1. The predicted octanol–water partition coefficient (Wildman–Crippen LogP) is 1.62. The molecule has 0 radical (unpaired) electrons. The molecule has 0 atom stereocenters. The highest BCUT2D eigenvalue weighted by Gasteiger charge is 2.07. The zero-order chi connectivity index (χ0) is 13.7. The van der Waals surface area contributed by atoms with Crippen molar-refractivity contribution in [1.82, 2.24) is 15.3 Å². The zero-order valence-corrected chi connectivity index (χ0v) is 11.2. The molecule has 1 amide bonds. The summed E-state index contributed by atoms with van der Waals surface area (Å²) >= 11 is 0. The number of H-pyrrole nitrogens is 1. The number of nitrogens with one attached hydrogen (secondary N) is 3. The van der Waals surface area contributed by atoms with Crippen LogP contribution in [0.2, 0.25) is 0 Å². The van der Waals surface area contributed by atoms with E-state index in [9.17, 15) is 4.79 Å². The number of hydrogen-bond acceptors (Lipinski definition) is 3. The highest BCUT2D eigenvalue weighted by atomic mass is 16.1. The summed E-state index contributed by atoms with van der Waals surface area (Å²) in [6.45, 7) is 2.63. The van der Waals surface area contributed by atoms with Crippen LogP contribution in [0.5, 0.6) is 0 Å². The minimum absolute atomic E-state index is 0.00481. The summed E-state index contributed by atoms with van der Waals surface area (Å²) in [7, 11) is 1.64. The molecule has 0 unspecified atom stereocenters. The van der Waals surface area contributed by atoms with Crippen molar-refractivity contribution in [3.8, 4) is 0 Å². The molecule has 0 fully saturated rings. The molecule has 0 aliphatic carbocycles. The molecule has 100 valence electrons. The van der Waals surface area contributed by atoms with Crippen molar-refractivity contribution in [2.24, 2.45) is 0 Å². The van der Waals surface area contributed by atoms with Crippen LogP contribution in [0.3, 0.4) is 0 Å². The molecule has 2 aromatic rings. The number of aromatic nitrogens is 2. The number of amides is 1. The summed E-state index contributed by atoms with van der Waals surface area (Å²) in [6.07, 6.45) is 2.06. The Hall–Kier alpha value is -2.30. The van der Waals surface area contributed by atoms with Crippen molar-refractivity contribution in [2.75, 3.05) is 12.4 Å². The van der Waals surface area contributed by atoms with Gasteiger partial charge in [0.1, 0.15) is 0 Å². The number of imidazole rings is 1. The Morgan fingerprint density at radius 2 is 2.16 bits per heavy atom.